The van der Waals surface area contributed by atoms with Crippen molar-refractivity contribution < 1.29 is 14.4 Å². The maximum atomic E-state index is 9.58. The van der Waals surface area contributed by atoms with Crippen LogP contribution in [0.1, 0.15) is 26.2 Å². The van der Waals surface area contributed by atoms with Gasteiger partial charge in [0.2, 0.25) is 11.7 Å². The Hall–Kier alpha value is -2.08. The molecule has 1 aromatic carbocycles. The van der Waals surface area contributed by atoms with Crippen molar-refractivity contribution in [3.63, 3.8) is 0 Å². The van der Waals surface area contributed by atoms with E-state index in [9.17, 15) is 5.11 Å². The summed E-state index contributed by atoms with van der Waals surface area (Å²) in [5.41, 5.74) is 0.750. The molecule has 1 aromatic heterocycles. The van der Waals surface area contributed by atoms with Crippen molar-refractivity contribution in [1.82, 2.24) is 15.5 Å². The number of ether oxygens (including phenoxy) is 1. The summed E-state index contributed by atoms with van der Waals surface area (Å²) >= 11 is 0. The van der Waals surface area contributed by atoms with E-state index >= 15 is 0 Å². The highest BCUT2D eigenvalue weighted by Crippen LogP contribution is 2.30. The molecule has 0 spiro atoms. The predicted octanol–water partition coefficient (Wildman–Crippen LogP) is 2.38. The molecule has 2 N–H and O–H groups in total. The summed E-state index contributed by atoms with van der Waals surface area (Å²) < 4.78 is 10.3. The molecule has 0 aliphatic carbocycles. The van der Waals surface area contributed by atoms with Gasteiger partial charge in [-0.1, -0.05) is 19.0 Å². The molecular formula is C15H21N3O3. The number of aromatic nitrogens is 2. The molecule has 21 heavy (non-hydrogen) atoms. The molecule has 6 nitrogen and oxygen atoms in total. The van der Waals surface area contributed by atoms with E-state index in [1.807, 2.05) is 0 Å². The Kier molecular flexibility index (Phi) is 5.16. The Labute approximate surface area is 124 Å². The molecule has 0 aliphatic heterocycles. The second-order valence-electron chi connectivity index (χ2n) is 5.11. The van der Waals surface area contributed by atoms with Crippen molar-refractivity contribution in [2.75, 3.05) is 13.7 Å². The molecule has 0 unspecified atom stereocenters. The average molecular weight is 291 g/mol. The fourth-order valence-corrected chi connectivity index (χ4v) is 1.92. The van der Waals surface area contributed by atoms with Crippen molar-refractivity contribution in [2.45, 2.75) is 32.7 Å². The molecule has 6 heteroatoms. The van der Waals surface area contributed by atoms with Gasteiger partial charge >= 0.3 is 0 Å². The largest absolute Gasteiger partial charge is 0.504 e. The van der Waals surface area contributed by atoms with Gasteiger partial charge in [0, 0.05) is 18.0 Å². The van der Waals surface area contributed by atoms with Gasteiger partial charge in [0.15, 0.2) is 11.5 Å². The van der Waals surface area contributed by atoms with E-state index in [0.29, 0.717) is 23.5 Å². The minimum absolute atomic E-state index is 0.0877. The summed E-state index contributed by atoms with van der Waals surface area (Å²) in [6.07, 6.45) is 1.68. The summed E-state index contributed by atoms with van der Waals surface area (Å²) in [5.74, 6) is 1.59. The normalized spacial score (nSPS) is 11.0. The van der Waals surface area contributed by atoms with Gasteiger partial charge in [-0.3, -0.25) is 0 Å². The van der Waals surface area contributed by atoms with Crippen LogP contribution >= 0.6 is 0 Å². The molecule has 2 rings (SSSR count). The van der Waals surface area contributed by atoms with E-state index in [2.05, 4.69) is 29.3 Å². The maximum absolute atomic E-state index is 9.58. The zero-order valence-electron chi connectivity index (χ0n) is 12.6. The van der Waals surface area contributed by atoms with Crippen LogP contribution in [0.25, 0.3) is 11.4 Å². The van der Waals surface area contributed by atoms with Gasteiger partial charge in [0.1, 0.15) is 0 Å². The highest BCUT2D eigenvalue weighted by molar-refractivity contribution is 5.60. The molecular weight excluding hydrogens is 270 g/mol. The number of rotatable bonds is 7. The quantitative estimate of drug-likeness (QED) is 0.762. The number of methoxy groups -OCH3 is 1. The second kappa shape index (κ2) is 7.08. The smallest absolute Gasteiger partial charge is 0.227 e. The van der Waals surface area contributed by atoms with Crippen molar-refractivity contribution in [1.29, 1.82) is 0 Å². The molecule has 114 valence electrons. The topological polar surface area (TPSA) is 80.4 Å². The SMILES string of the molecule is COc1cc(-c2noc(CCCNC(C)C)n2)ccc1O. The van der Waals surface area contributed by atoms with Gasteiger partial charge in [-0.2, -0.15) is 4.98 Å². The minimum atomic E-state index is 0.0877. The van der Waals surface area contributed by atoms with Gasteiger partial charge < -0.3 is 19.7 Å². The number of benzene rings is 1. The summed E-state index contributed by atoms with van der Waals surface area (Å²) in [6, 6.07) is 5.45. The van der Waals surface area contributed by atoms with Crippen LogP contribution in [-0.2, 0) is 6.42 Å². The molecule has 0 atom stereocenters. The van der Waals surface area contributed by atoms with Crippen molar-refractivity contribution >= 4 is 0 Å². The van der Waals surface area contributed by atoms with Crippen LogP contribution in [0.2, 0.25) is 0 Å². The Bertz CT molecular complexity index is 581. The van der Waals surface area contributed by atoms with Crippen LogP contribution in [0.3, 0.4) is 0 Å². The molecule has 0 fully saturated rings. The first-order valence-corrected chi connectivity index (χ1v) is 7.03. The van der Waals surface area contributed by atoms with Gasteiger partial charge in [0.05, 0.1) is 7.11 Å². The van der Waals surface area contributed by atoms with Gasteiger partial charge in [0.25, 0.3) is 0 Å². The number of nitrogens with zero attached hydrogens (tertiary/aromatic N) is 2. The number of phenolic OH excluding ortho intramolecular Hbond substituents is 1. The van der Waals surface area contributed by atoms with Gasteiger partial charge in [-0.25, -0.2) is 0 Å². The van der Waals surface area contributed by atoms with Crippen molar-refractivity contribution in [2.24, 2.45) is 0 Å². The predicted molar refractivity (Wildman–Crippen MR) is 79.4 cm³/mol. The van der Waals surface area contributed by atoms with Crippen molar-refractivity contribution in [3.05, 3.63) is 24.1 Å². The van der Waals surface area contributed by atoms with E-state index < -0.39 is 0 Å². The van der Waals surface area contributed by atoms with Crippen LogP contribution in [0, 0.1) is 0 Å². The molecule has 1 heterocycles. The summed E-state index contributed by atoms with van der Waals surface area (Å²) in [7, 11) is 1.50. The minimum Gasteiger partial charge on any atom is -0.504 e. The lowest BCUT2D eigenvalue weighted by atomic mass is 10.2. The van der Waals surface area contributed by atoms with E-state index in [-0.39, 0.29) is 5.75 Å². The summed E-state index contributed by atoms with van der Waals surface area (Å²) in [6.45, 7) is 5.15. The number of phenols is 1. The lowest BCUT2D eigenvalue weighted by Crippen LogP contribution is -2.23. The molecule has 2 aromatic rings. The monoisotopic (exact) mass is 291 g/mol. The third-order valence-corrected chi connectivity index (χ3v) is 3.03. The molecule has 0 saturated carbocycles. The lowest BCUT2D eigenvalue weighted by molar-refractivity contribution is 0.372. The van der Waals surface area contributed by atoms with E-state index in [1.165, 1.54) is 7.11 Å². The number of nitrogens with one attached hydrogen (secondary N) is 1. The Morgan fingerprint density at radius 1 is 1.38 bits per heavy atom. The van der Waals surface area contributed by atoms with Gasteiger partial charge in [-0.15, -0.1) is 0 Å². The standard InChI is InChI=1S/C15H21N3O3/c1-10(2)16-8-4-5-14-17-15(18-21-14)11-6-7-12(19)13(9-11)20-3/h6-7,9-10,16,19H,4-5,8H2,1-3H3. The van der Waals surface area contributed by atoms with Crippen LogP contribution in [-0.4, -0.2) is 34.9 Å². The van der Waals surface area contributed by atoms with E-state index in [4.69, 9.17) is 9.26 Å². The summed E-state index contributed by atoms with van der Waals surface area (Å²) in [5, 5.41) is 16.9. The fourth-order valence-electron chi connectivity index (χ4n) is 1.92. The molecule has 0 bridgehead atoms. The van der Waals surface area contributed by atoms with Crippen molar-refractivity contribution in [3.8, 4) is 22.9 Å². The Balaban J connectivity index is 1.99. The van der Waals surface area contributed by atoms with E-state index in [0.717, 1.165) is 24.9 Å². The van der Waals surface area contributed by atoms with Crippen LogP contribution in [0.15, 0.2) is 22.7 Å². The zero-order valence-corrected chi connectivity index (χ0v) is 12.6. The average Bonchev–Trinajstić information content (AvgIpc) is 2.93. The zero-order chi connectivity index (χ0) is 15.2. The number of aryl methyl sites for hydroxylation is 1. The van der Waals surface area contributed by atoms with Crippen LogP contribution < -0.4 is 10.1 Å². The summed E-state index contributed by atoms with van der Waals surface area (Å²) in [4.78, 5) is 4.36. The first-order chi connectivity index (χ1) is 10.1. The maximum Gasteiger partial charge on any atom is 0.227 e. The third kappa shape index (κ3) is 4.19. The second-order valence-corrected chi connectivity index (χ2v) is 5.11. The molecule has 0 radical (unpaired) electrons. The van der Waals surface area contributed by atoms with E-state index in [1.54, 1.807) is 18.2 Å². The third-order valence-electron chi connectivity index (χ3n) is 3.03. The number of hydrogen-bond acceptors (Lipinski definition) is 6. The van der Waals surface area contributed by atoms with Crippen LogP contribution in [0.5, 0.6) is 11.5 Å². The van der Waals surface area contributed by atoms with Crippen LogP contribution in [0.4, 0.5) is 0 Å². The first kappa shape index (κ1) is 15.3. The molecule has 0 amide bonds. The molecule has 0 aliphatic rings. The number of aromatic hydroxyl groups is 1. The fraction of sp³-hybridized carbons (Fsp3) is 0.467. The Morgan fingerprint density at radius 3 is 2.90 bits per heavy atom. The Morgan fingerprint density at radius 2 is 2.19 bits per heavy atom. The number of hydrogen-bond donors (Lipinski definition) is 2. The highest BCUT2D eigenvalue weighted by atomic mass is 16.5. The highest BCUT2D eigenvalue weighted by Gasteiger charge is 2.11. The lowest BCUT2D eigenvalue weighted by Gasteiger charge is -2.05. The van der Waals surface area contributed by atoms with Gasteiger partial charge in [-0.05, 0) is 31.2 Å². The first-order valence-electron chi connectivity index (χ1n) is 7.03. The molecule has 0 saturated heterocycles.